The third kappa shape index (κ3) is 4.86. The Morgan fingerprint density at radius 3 is 2.44 bits per heavy atom. The summed E-state index contributed by atoms with van der Waals surface area (Å²) in [6.45, 7) is 3.93. The van der Waals surface area contributed by atoms with Crippen molar-refractivity contribution in [1.29, 1.82) is 0 Å². The van der Waals surface area contributed by atoms with E-state index in [1.54, 1.807) is 37.4 Å². The van der Waals surface area contributed by atoms with E-state index in [0.29, 0.717) is 44.3 Å². The van der Waals surface area contributed by atoms with Crippen molar-refractivity contribution < 1.29 is 23.1 Å². The molecule has 9 heteroatoms. The largest absolute Gasteiger partial charge is 0.496 e. The molecule has 2 amide bonds. The van der Waals surface area contributed by atoms with E-state index in [1.807, 2.05) is 44.2 Å². The van der Waals surface area contributed by atoms with Crippen LogP contribution in [0.25, 0.3) is 33.4 Å². The molecule has 41 heavy (non-hydrogen) atoms. The summed E-state index contributed by atoms with van der Waals surface area (Å²) in [5.41, 5.74) is 4.46. The maximum Gasteiger partial charge on any atom is 0.264 e. The first-order valence-corrected chi connectivity index (χ1v) is 14.1. The van der Waals surface area contributed by atoms with Crippen LogP contribution in [0.1, 0.15) is 44.0 Å². The normalized spacial score (nSPS) is 12.9. The van der Waals surface area contributed by atoms with Gasteiger partial charge in [-0.25, -0.2) is 9.37 Å². The number of benzene rings is 3. The van der Waals surface area contributed by atoms with Crippen LogP contribution in [-0.4, -0.2) is 37.0 Å². The number of hydrogen-bond acceptors (Lipinski definition) is 6. The van der Waals surface area contributed by atoms with Gasteiger partial charge in [0.1, 0.15) is 22.9 Å². The van der Waals surface area contributed by atoms with Crippen LogP contribution in [0.2, 0.25) is 0 Å². The lowest BCUT2D eigenvalue weighted by Gasteiger charge is -2.22. The van der Waals surface area contributed by atoms with E-state index >= 15 is 0 Å². The highest BCUT2D eigenvalue weighted by Crippen LogP contribution is 2.40. The highest BCUT2D eigenvalue weighted by atomic mass is 32.1. The smallest absolute Gasteiger partial charge is 0.264 e. The summed E-state index contributed by atoms with van der Waals surface area (Å²) in [4.78, 5) is 34.4. The molecular formula is C32H28FN3O4S. The van der Waals surface area contributed by atoms with Gasteiger partial charge < -0.3 is 14.5 Å². The molecule has 0 aliphatic heterocycles. The molecule has 1 fully saturated rings. The molecule has 1 N–H and O–H groups in total. The Labute approximate surface area is 240 Å². The molecule has 1 aliphatic rings. The summed E-state index contributed by atoms with van der Waals surface area (Å²) in [5.74, 6) is -0.00332. The van der Waals surface area contributed by atoms with Gasteiger partial charge in [0, 0.05) is 35.1 Å². The summed E-state index contributed by atoms with van der Waals surface area (Å²) in [5, 5.41) is 3.99. The predicted molar refractivity (Wildman–Crippen MR) is 158 cm³/mol. The highest BCUT2D eigenvalue weighted by Gasteiger charge is 2.37. The number of hydrogen-bond donors (Lipinski definition) is 1. The van der Waals surface area contributed by atoms with Crippen LogP contribution in [-0.2, 0) is 0 Å². The van der Waals surface area contributed by atoms with Crippen LogP contribution in [0.4, 0.5) is 9.52 Å². The quantitative estimate of drug-likeness (QED) is 0.225. The molecule has 0 radical (unpaired) electrons. The van der Waals surface area contributed by atoms with E-state index in [-0.39, 0.29) is 23.7 Å². The number of carbonyl (C=O) groups is 2. The number of carbonyl (C=O) groups excluding carboxylic acids is 2. The number of anilines is 1. The molecule has 208 valence electrons. The lowest BCUT2D eigenvalue weighted by Crippen LogP contribution is -2.33. The number of ether oxygens (including phenoxy) is 1. The summed E-state index contributed by atoms with van der Waals surface area (Å²) in [7, 11) is 3.12. The fourth-order valence-corrected chi connectivity index (χ4v) is 5.90. The molecule has 2 heterocycles. The lowest BCUT2D eigenvalue weighted by atomic mass is 9.95. The first-order valence-electron chi connectivity index (χ1n) is 13.3. The summed E-state index contributed by atoms with van der Waals surface area (Å²) < 4.78 is 25.4. The molecule has 0 spiro atoms. The highest BCUT2D eigenvalue weighted by molar-refractivity contribution is 7.15. The predicted octanol–water partition coefficient (Wildman–Crippen LogP) is 7.16. The number of nitrogens with one attached hydrogen (secondary N) is 1. The van der Waals surface area contributed by atoms with Gasteiger partial charge in [0.05, 0.1) is 18.2 Å². The summed E-state index contributed by atoms with van der Waals surface area (Å²) >= 11 is 1.50. The van der Waals surface area contributed by atoms with Gasteiger partial charge in [0.25, 0.3) is 11.8 Å². The number of rotatable bonds is 7. The Morgan fingerprint density at radius 2 is 1.80 bits per heavy atom. The number of amides is 2. The molecule has 1 saturated carbocycles. The average Bonchev–Trinajstić information content (AvgIpc) is 3.60. The van der Waals surface area contributed by atoms with Crippen molar-refractivity contribution >= 4 is 39.3 Å². The molecule has 0 bridgehead atoms. The number of furan rings is 1. The maximum atomic E-state index is 14.0. The number of nitrogens with zero attached hydrogens (tertiary/aromatic N) is 2. The van der Waals surface area contributed by atoms with Crippen LogP contribution in [0.5, 0.6) is 5.75 Å². The van der Waals surface area contributed by atoms with Gasteiger partial charge >= 0.3 is 0 Å². The Balaban J connectivity index is 1.48. The molecule has 3 aromatic carbocycles. The average molecular weight is 570 g/mol. The lowest BCUT2D eigenvalue weighted by molar-refractivity contribution is 0.0961. The van der Waals surface area contributed by atoms with Gasteiger partial charge in [-0.15, -0.1) is 11.3 Å². The molecule has 2 aromatic heterocycles. The second kappa shape index (κ2) is 10.5. The standard InChI is InChI=1S/C32H28FN3O4S/c1-17-13-27(39-4)25(31(38)36(22-10-11-22)32-35-16-18(2)41-32)15-23(17)20-7-12-26-24(14-20)28(30(37)34-3)29(40-26)19-5-8-21(33)9-6-19/h5-9,12-16,22H,10-11H2,1-4H3,(H,34,37). The number of fused-ring (bicyclic) bond motifs is 1. The Hall–Kier alpha value is -4.50. The molecule has 0 saturated heterocycles. The van der Waals surface area contributed by atoms with E-state index < -0.39 is 0 Å². The molecule has 7 nitrogen and oxygen atoms in total. The van der Waals surface area contributed by atoms with Crippen molar-refractivity contribution in [3.63, 3.8) is 0 Å². The monoisotopic (exact) mass is 569 g/mol. The van der Waals surface area contributed by atoms with E-state index in [9.17, 15) is 14.0 Å². The second-order valence-electron chi connectivity index (χ2n) is 10.1. The van der Waals surface area contributed by atoms with Crippen LogP contribution >= 0.6 is 11.3 Å². The van der Waals surface area contributed by atoms with Crippen LogP contribution in [0, 0.1) is 19.7 Å². The van der Waals surface area contributed by atoms with Crippen LogP contribution < -0.4 is 15.0 Å². The van der Waals surface area contributed by atoms with Crippen molar-refractivity contribution in [2.75, 3.05) is 19.1 Å². The van der Waals surface area contributed by atoms with E-state index in [4.69, 9.17) is 9.15 Å². The van der Waals surface area contributed by atoms with Crippen molar-refractivity contribution in [2.24, 2.45) is 0 Å². The Kier molecular flexibility index (Phi) is 6.83. The first-order chi connectivity index (χ1) is 19.8. The van der Waals surface area contributed by atoms with Gasteiger partial charge in [-0.3, -0.25) is 14.5 Å². The fraction of sp³-hybridized carbons (Fsp3) is 0.219. The zero-order valence-corrected chi connectivity index (χ0v) is 23.9. The minimum atomic E-state index is -0.376. The zero-order chi connectivity index (χ0) is 28.8. The number of aromatic nitrogens is 1. The molecule has 1 aliphatic carbocycles. The van der Waals surface area contributed by atoms with Crippen molar-refractivity contribution in [1.82, 2.24) is 10.3 Å². The van der Waals surface area contributed by atoms with Gasteiger partial charge in [0.2, 0.25) is 0 Å². The number of methoxy groups -OCH3 is 1. The second-order valence-corrected chi connectivity index (χ2v) is 11.3. The van der Waals surface area contributed by atoms with Crippen molar-refractivity contribution in [2.45, 2.75) is 32.7 Å². The molecule has 0 atom stereocenters. The molecule has 0 unspecified atom stereocenters. The van der Waals surface area contributed by atoms with Crippen LogP contribution in [0.15, 0.2) is 65.2 Å². The van der Waals surface area contributed by atoms with Gasteiger partial charge in [-0.1, -0.05) is 6.07 Å². The van der Waals surface area contributed by atoms with E-state index in [2.05, 4.69) is 10.3 Å². The Morgan fingerprint density at radius 1 is 1.07 bits per heavy atom. The van der Waals surface area contributed by atoms with Crippen molar-refractivity contribution in [3.8, 4) is 28.2 Å². The summed E-state index contributed by atoms with van der Waals surface area (Å²) in [6.07, 6.45) is 3.65. The number of halogens is 1. The summed E-state index contributed by atoms with van der Waals surface area (Å²) in [6, 6.07) is 15.3. The van der Waals surface area contributed by atoms with Crippen LogP contribution in [0.3, 0.4) is 0 Å². The third-order valence-corrected chi connectivity index (χ3v) is 8.19. The van der Waals surface area contributed by atoms with Gasteiger partial charge in [-0.05, 0) is 91.9 Å². The zero-order valence-electron chi connectivity index (χ0n) is 23.1. The minimum absolute atomic E-state index is 0.116. The van der Waals surface area contributed by atoms with Gasteiger partial charge in [-0.2, -0.15) is 0 Å². The third-order valence-electron chi connectivity index (χ3n) is 7.28. The molecular weight excluding hydrogens is 541 g/mol. The molecule has 5 aromatic rings. The van der Waals surface area contributed by atoms with E-state index in [1.165, 1.54) is 23.5 Å². The first kappa shape index (κ1) is 26.7. The fourth-order valence-electron chi connectivity index (χ4n) is 5.07. The van der Waals surface area contributed by atoms with Gasteiger partial charge in [0.15, 0.2) is 5.13 Å². The number of thiazole rings is 1. The SMILES string of the molecule is CNC(=O)c1c(-c2ccc(F)cc2)oc2ccc(-c3cc(C(=O)N(c4ncc(C)s4)C4CC4)c(OC)cc3C)cc12. The number of aryl methyl sites for hydroxylation is 2. The minimum Gasteiger partial charge on any atom is -0.496 e. The van der Waals surface area contributed by atoms with Crippen molar-refractivity contribution in [3.05, 3.63) is 88.2 Å². The topological polar surface area (TPSA) is 84.7 Å². The molecule has 6 rings (SSSR count). The maximum absolute atomic E-state index is 14.0. The van der Waals surface area contributed by atoms with E-state index in [0.717, 1.165) is 34.4 Å². The Bertz CT molecular complexity index is 1800.